The van der Waals surface area contributed by atoms with Gasteiger partial charge in [-0.2, -0.15) is 0 Å². The summed E-state index contributed by atoms with van der Waals surface area (Å²) in [6.07, 6.45) is 2.13. The topological polar surface area (TPSA) is 92.3 Å². The number of ether oxygens (including phenoxy) is 5. The van der Waals surface area contributed by atoms with Gasteiger partial charge in [0.05, 0.1) is 27.0 Å². The molecule has 0 saturated carbocycles. The number of rotatable bonds is 6. The highest BCUT2D eigenvalue weighted by Crippen LogP contribution is 2.41. The number of fused-ring (bicyclic) bond motifs is 1. The maximum atomic E-state index is 12.5. The van der Waals surface area contributed by atoms with Crippen LogP contribution in [0, 0.1) is 0 Å². The van der Waals surface area contributed by atoms with Crippen molar-refractivity contribution in [3.8, 4) is 28.7 Å². The normalized spacial score (nSPS) is 12.6. The molecule has 1 aliphatic heterocycles. The fourth-order valence-electron chi connectivity index (χ4n) is 3.32. The number of carbonyl (C=O) groups excluding carboxylic acids is 2. The van der Waals surface area contributed by atoms with Crippen molar-refractivity contribution >= 4 is 29.4 Å². The van der Waals surface area contributed by atoms with Crippen LogP contribution in [0.2, 0.25) is 0 Å². The van der Waals surface area contributed by atoms with Crippen LogP contribution in [-0.4, -0.2) is 33.4 Å². The van der Waals surface area contributed by atoms with Gasteiger partial charge >= 0.3 is 6.16 Å². The zero-order valence-electron chi connectivity index (χ0n) is 20.9. The predicted octanol–water partition coefficient (Wildman–Crippen LogP) is 6.20. The molecular weight excluding hydrogens is 462 g/mol. The van der Waals surface area contributed by atoms with Crippen LogP contribution in [0.1, 0.15) is 31.4 Å². The number of benzene rings is 3. The van der Waals surface area contributed by atoms with Gasteiger partial charge in [0.15, 0.2) is 11.5 Å². The van der Waals surface area contributed by atoms with Gasteiger partial charge in [0.2, 0.25) is 0 Å². The van der Waals surface area contributed by atoms with Crippen molar-refractivity contribution in [1.82, 2.24) is 0 Å². The number of hydrogen-bond donors (Lipinski definition) is 1. The van der Waals surface area contributed by atoms with Crippen molar-refractivity contribution in [3.63, 3.8) is 0 Å². The summed E-state index contributed by atoms with van der Waals surface area (Å²) >= 11 is 0. The van der Waals surface area contributed by atoms with Crippen molar-refractivity contribution in [2.45, 2.75) is 20.3 Å². The van der Waals surface area contributed by atoms with Crippen molar-refractivity contribution < 1.29 is 33.3 Å². The molecule has 0 radical (unpaired) electrons. The van der Waals surface area contributed by atoms with E-state index in [0.717, 1.165) is 5.56 Å². The summed E-state index contributed by atoms with van der Waals surface area (Å²) in [6.45, 7) is 4.25. The van der Waals surface area contributed by atoms with Crippen LogP contribution in [0.4, 0.5) is 10.5 Å². The Kier molecular flexibility index (Phi) is 8.94. The Labute approximate surface area is 210 Å². The van der Waals surface area contributed by atoms with Crippen molar-refractivity contribution in [3.05, 3.63) is 71.8 Å². The molecule has 1 N–H and O–H groups in total. The molecule has 0 fully saturated rings. The SMILES string of the molecule is CCC.COc1ccc(OC(=O)Oc2ccc(/C=C3/C(=O)Nc4cc(OC)c(OC)cc43)cc2)cc1. The average Bonchev–Trinajstić information content (AvgIpc) is 3.18. The first-order chi connectivity index (χ1) is 17.4. The average molecular weight is 492 g/mol. The summed E-state index contributed by atoms with van der Waals surface area (Å²) in [5.41, 5.74) is 2.59. The van der Waals surface area contributed by atoms with Crippen molar-refractivity contribution in [2.24, 2.45) is 0 Å². The lowest BCUT2D eigenvalue weighted by Gasteiger charge is -2.09. The molecule has 0 spiro atoms. The third-order valence-electron chi connectivity index (χ3n) is 4.96. The zero-order chi connectivity index (χ0) is 26.1. The molecule has 4 rings (SSSR count). The summed E-state index contributed by atoms with van der Waals surface area (Å²) in [4.78, 5) is 24.5. The van der Waals surface area contributed by atoms with Crippen LogP contribution >= 0.6 is 0 Å². The first kappa shape index (κ1) is 26.2. The van der Waals surface area contributed by atoms with E-state index < -0.39 is 6.16 Å². The van der Waals surface area contributed by atoms with Crippen molar-refractivity contribution in [2.75, 3.05) is 26.6 Å². The minimum atomic E-state index is -0.864. The first-order valence-corrected chi connectivity index (χ1v) is 11.4. The van der Waals surface area contributed by atoms with Crippen LogP contribution in [0.25, 0.3) is 11.6 Å². The van der Waals surface area contributed by atoms with Crippen LogP contribution in [0.5, 0.6) is 28.7 Å². The molecule has 0 aliphatic carbocycles. The van der Waals surface area contributed by atoms with Crippen LogP contribution in [-0.2, 0) is 4.79 Å². The van der Waals surface area contributed by atoms with E-state index in [2.05, 4.69) is 19.2 Å². The number of amides is 1. The van der Waals surface area contributed by atoms with E-state index in [1.165, 1.54) is 20.6 Å². The lowest BCUT2D eigenvalue weighted by Crippen LogP contribution is -2.13. The monoisotopic (exact) mass is 491 g/mol. The van der Waals surface area contributed by atoms with Crippen LogP contribution in [0.3, 0.4) is 0 Å². The molecule has 1 amide bonds. The minimum absolute atomic E-state index is 0.233. The van der Waals surface area contributed by atoms with E-state index in [1.54, 1.807) is 73.8 Å². The predicted molar refractivity (Wildman–Crippen MR) is 138 cm³/mol. The van der Waals surface area contributed by atoms with Gasteiger partial charge in [0.1, 0.15) is 17.2 Å². The fraction of sp³-hybridized carbons (Fsp3) is 0.214. The van der Waals surface area contributed by atoms with Gasteiger partial charge in [0.25, 0.3) is 5.91 Å². The Balaban J connectivity index is 0.00000115. The largest absolute Gasteiger partial charge is 0.519 e. The maximum absolute atomic E-state index is 12.5. The van der Waals surface area contributed by atoms with E-state index in [-0.39, 0.29) is 5.91 Å². The summed E-state index contributed by atoms with van der Waals surface area (Å²) < 4.78 is 26.1. The minimum Gasteiger partial charge on any atom is -0.497 e. The third-order valence-corrected chi connectivity index (χ3v) is 4.96. The molecule has 0 atom stereocenters. The highest BCUT2D eigenvalue weighted by molar-refractivity contribution is 6.35. The smallest absolute Gasteiger partial charge is 0.497 e. The number of anilines is 1. The van der Waals surface area contributed by atoms with E-state index in [9.17, 15) is 9.59 Å². The second-order valence-electron chi connectivity index (χ2n) is 7.67. The molecule has 3 aromatic rings. The Morgan fingerprint density at radius 3 is 1.81 bits per heavy atom. The summed E-state index contributed by atoms with van der Waals surface area (Å²) in [6, 6.07) is 16.7. The van der Waals surface area contributed by atoms with Gasteiger partial charge in [0, 0.05) is 17.2 Å². The van der Waals surface area contributed by atoms with Crippen LogP contribution < -0.4 is 29.0 Å². The highest BCUT2D eigenvalue weighted by Gasteiger charge is 2.26. The molecule has 188 valence electrons. The Morgan fingerprint density at radius 2 is 1.28 bits per heavy atom. The van der Waals surface area contributed by atoms with Gasteiger partial charge in [-0.05, 0) is 54.1 Å². The van der Waals surface area contributed by atoms with Gasteiger partial charge in [-0.25, -0.2) is 4.79 Å². The van der Waals surface area contributed by atoms with E-state index in [4.69, 9.17) is 23.7 Å². The van der Waals surface area contributed by atoms with E-state index >= 15 is 0 Å². The van der Waals surface area contributed by atoms with Gasteiger partial charge in [-0.3, -0.25) is 4.79 Å². The molecule has 0 bridgehead atoms. The van der Waals surface area contributed by atoms with Gasteiger partial charge in [-0.1, -0.05) is 32.4 Å². The van der Waals surface area contributed by atoms with E-state index in [1.807, 2.05) is 0 Å². The number of methoxy groups -OCH3 is 3. The Morgan fingerprint density at radius 1 is 0.778 bits per heavy atom. The van der Waals surface area contributed by atoms with Gasteiger partial charge < -0.3 is 29.0 Å². The standard InChI is InChI=1S/C25H21NO7.C3H8/c1-29-16-8-10-18(11-9-16)33-25(28)32-17-6-4-15(5-7-17)12-20-19-13-22(30-2)23(31-3)14-21(19)26-24(20)27;1-3-2/h4-14H,1-3H3,(H,26,27);3H2,1-2H3/b20-12+;. The molecule has 1 heterocycles. The third kappa shape index (κ3) is 6.35. The maximum Gasteiger partial charge on any atom is 0.519 e. The summed E-state index contributed by atoms with van der Waals surface area (Å²) in [5.74, 6) is 2.11. The molecule has 0 aromatic heterocycles. The zero-order valence-corrected chi connectivity index (χ0v) is 20.9. The lowest BCUT2D eigenvalue weighted by molar-refractivity contribution is -0.110. The molecule has 36 heavy (non-hydrogen) atoms. The van der Waals surface area contributed by atoms with Crippen LogP contribution in [0.15, 0.2) is 60.7 Å². The summed E-state index contributed by atoms with van der Waals surface area (Å²) in [5, 5.41) is 2.83. The molecule has 8 nitrogen and oxygen atoms in total. The second kappa shape index (κ2) is 12.3. The van der Waals surface area contributed by atoms with Crippen molar-refractivity contribution in [1.29, 1.82) is 0 Å². The molecule has 1 aliphatic rings. The molecular formula is C28H29NO7. The molecule has 0 unspecified atom stereocenters. The first-order valence-electron chi connectivity index (χ1n) is 11.4. The van der Waals surface area contributed by atoms with Gasteiger partial charge in [-0.15, -0.1) is 0 Å². The second-order valence-corrected chi connectivity index (χ2v) is 7.67. The molecule has 8 heteroatoms. The highest BCUT2D eigenvalue weighted by atomic mass is 16.7. The summed E-state index contributed by atoms with van der Waals surface area (Å²) in [7, 11) is 4.63. The fourth-order valence-corrected chi connectivity index (χ4v) is 3.32. The number of hydrogen-bond acceptors (Lipinski definition) is 7. The molecule has 3 aromatic carbocycles. The molecule has 0 saturated heterocycles. The lowest BCUT2D eigenvalue weighted by atomic mass is 10.0. The Bertz CT molecular complexity index is 1230. The number of carbonyl (C=O) groups is 2. The quantitative estimate of drug-likeness (QED) is 0.249. The van der Waals surface area contributed by atoms with E-state index in [0.29, 0.717) is 45.6 Å². The Hall–Kier alpha value is -4.46. The number of nitrogens with one attached hydrogen (secondary N) is 1.